The molecular formula is C17H24N2O2. The van der Waals surface area contributed by atoms with Gasteiger partial charge in [-0.3, -0.25) is 0 Å². The standard InChI is InChI=1S/C17H24N2O2/c1-14-6-7-17(21-3)15(11-14)13-19-9-4-5-16(19)12-18-8-10-20-2/h4-7,9,11,18H,8,10,12-13H2,1-3H3. The van der Waals surface area contributed by atoms with Crippen molar-refractivity contribution < 1.29 is 9.47 Å². The highest BCUT2D eigenvalue weighted by atomic mass is 16.5. The van der Waals surface area contributed by atoms with Crippen LogP contribution in [-0.2, 0) is 17.8 Å². The fourth-order valence-corrected chi connectivity index (χ4v) is 2.37. The van der Waals surface area contributed by atoms with E-state index >= 15 is 0 Å². The Morgan fingerprint density at radius 3 is 2.81 bits per heavy atom. The number of methoxy groups -OCH3 is 2. The molecular weight excluding hydrogens is 264 g/mol. The van der Waals surface area contributed by atoms with Crippen molar-refractivity contribution in [1.29, 1.82) is 0 Å². The summed E-state index contributed by atoms with van der Waals surface area (Å²) < 4.78 is 12.7. The summed E-state index contributed by atoms with van der Waals surface area (Å²) in [6.45, 7) is 5.34. The number of aromatic nitrogens is 1. The van der Waals surface area contributed by atoms with E-state index < -0.39 is 0 Å². The van der Waals surface area contributed by atoms with Crippen molar-refractivity contribution in [3.05, 3.63) is 53.3 Å². The van der Waals surface area contributed by atoms with E-state index in [1.807, 2.05) is 6.07 Å². The Bertz CT molecular complexity index is 564. The molecule has 2 rings (SSSR count). The van der Waals surface area contributed by atoms with Gasteiger partial charge in [0.2, 0.25) is 0 Å². The Hall–Kier alpha value is -1.78. The largest absolute Gasteiger partial charge is 0.496 e. The zero-order valence-corrected chi connectivity index (χ0v) is 13.1. The highest BCUT2D eigenvalue weighted by molar-refractivity contribution is 5.37. The SMILES string of the molecule is COCCNCc1cccn1Cc1cc(C)ccc1OC. The van der Waals surface area contributed by atoms with Gasteiger partial charge in [-0.2, -0.15) is 0 Å². The predicted molar refractivity (Wildman–Crippen MR) is 84.8 cm³/mol. The molecule has 0 aliphatic heterocycles. The van der Waals surface area contributed by atoms with Crippen LogP contribution in [0.3, 0.4) is 0 Å². The van der Waals surface area contributed by atoms with Crippen molar-refractivity contribution in [2.75, 3.05) is 27.4 Å². The molecule has 1 heterocycles. The molecule has 0 spiro atoms. The van der Waals surface area contributed by atoms with Gasteiger partial charge in [-0.05, 0) is 25.1 Å². The van der Waals surface area contributed by atoms with Crippen LogP contribution in [-0.4, -0.2) is 31.9 Å². The molecule has 0 saturated carbocycles. The van der Waals surface area contributed by atoms with E-state index in [4.69, 9.17) is 9.47 Å². The van der Waals surface area contributed by atoms with Gasteiger partial charge in [0, 0.05) is 37.7 Å². The summed E-state index contributed by atoms with van der Waals surface area (Å²) in [5, 5.41) is 3.38. The number of nitrogens with zero attached hydrogens (tertiary/aromatic N) is 1. The first-order valence-electron chi connectivity index (χ1n) is 7.21. The second kappa shape index (κ2) is 7.86. The average Bonchev–Trinajstić information content (AvgIpc) is 2.91. The third-order valence-electron chi connectivity index (χ3n) is 3.49. The summed E-state index contributed by atoms with van der Waals surface area (Å²) in [6, 6.07) is 10.5. The van der Waals surface area contributed by atoms with E-state index in [9.17, 15) is 0 Å². The number of rotatable bonds is 8. The van der Waals surface area contributed by atoms with E-state index in [2.05, 4.69) is 47.3 Å². The van der Waals surface area contributed by atoms with Crippen LogP contribution in [0.2, 0.25) is 0 Å². The van der Waals surface area contributed by atoms with Crippen LogP contribution in [0.5, 0.6) is 5.75 Å². The van der Waals surface area contributed by atoms with E-state index in [-0.39, 0.29) is 0 Å². The number of nitrogens with one attached hydrogen (secondary N) is 1. The lowest BCUT2D eigenvalue weighted by Gasteiger charge is -2.13. The van der Waals surface area contributed by atoms with Gasteiger partial charge in [0.15, 0.2) is 0 Å². The minimum atomic E-state index is 0.729. The fraction of sp³-hybridized carbons (Fsp3) is 0.412. The molecule has 0 unspecified atom stereocenters. The zero-order chi connectivity index (χ0) is 15.1. The van der Waals surface area contributed by atoms with Crippen LogP contribution in [0.25, 0.3) is 0 Å². The Morgan fingerprint density at radius 1 is 1.19 bits per heavy atom. The molecule has 114 valence electrons. The molecule has 4 nitrogen and oxygen atoms in total. The van der Waals surface area contributed by atoms with E-state index in [1.54, 1.807) is 14.2 Å². The van der Waals surface area contributed by atoms with Gasteiger partial charge in [-0.1, -0.05) is 17.7 Å². The van der Waals surface area contributed by atoms with Crippen LogP contribution in [0.1, 0.15) is 16.8 Å². The summed E-state index contributed by atoms with van der Waals surface area (Å²) >= 11 is 0. The molecule has 0 aliphatic rings. The molecule has 0 radical (unpaired) electrons. The van der Waals surface area contributed by atoms with Gasteiger partial charge in [-0.25, -0.2) is 0 Å². The van der Waals surface area contributed by atoms with Gasteiger partial charge < -0.3 is 19.4 Å². The van der Waals surface area contributed by atoms with E-state index in [0.29, 0.717) is 0 Å². The van der Waals surface area contributed by atoms with Crippen molar-refractivity contribution in [1.82, 2.24) is 9.88 Å². The molecule has 0 aliphatic carbocycles. The molecule has 0 saturated heterocycles. The first-order chi connectivity index (χ1) is 10.2. The fourth-order valence-electron chi connectivity index (χ4n) is 2.37. The number of aryl methyl sites for hydroxylation is 1. The molecule has 21 heavy (non-hydrogen) atoms. The monoisotopic (exact) mass is 288 g/mol. The first kappa shape index (κ1) is 15.6. The van der Waals surface area contributed by atoms with Crippen LogP contribution in [0.4, 0.5) is 0 Å². The van der Waals surface area contributed by atoms with Crippen LogP contribution in [0, 0.1) is 6.92 Å². The molecule has 1 aromatic heterocycles. The molecule has 1 N–H and O–H groups in total. The maximum Gasteiger partial charge on any atom is 0.123 e. The maximum absolute atomic E-state index is 5.46. The van der Waals surface area contributed by atoms with Crippen molar-refractivity contribution in [3.8, 4) is 5.75 Å². The first-order valence-corrected chi connectivity index (χ1v) is 7.21. The molecule has 4 heteroatoms. The highest BCUT2D eigenvalue weighted by Gasteiger charge is 2.06. The average molecular weight is 288 g/mol. The highest BCUT2D eigenvalue weighted by Crippen LogP contribution is 2.21. The third kappa shape index (κ3) is 4.34. The lowest BCUT2D eigenvalue weighted by molar-refractivity contribution is 0.199. The summed E-state index contributed by atoms with van der Waals surface area (Å²) in [5.74, 6) is 0.938. The van der Waals surface area contributed by atoms with Crippen LogP contribution < -0.4 is 10.1 Å². The van der Waals surface area contributed by atoms with Crippen molar-refractivity contribution in [2.24, 2.45) is 0 Å². The summed E-state index contributed by atoms with van der Waals surface area (Å²) in [6.07, 6.45) is 2.11. The number of ether oxygens (including phenoxy) is 2. The Balaban J connectivity index is 2.06. The molecule has 2 aromatic rings. The molecule has 0 amide bonds. The topological polar surface area (TPSA) is 35.4 Å². The minimum absolute atomic E-state index is 0.729. The summed E-state index contributed by atoms with van der Waals surface area (Å²) in [7, 11) is 3.44. The van der Waals surface area contributed by atoms with Gasteiger partial charge in [-0.15, -0.1) is 0 Å². The van der Waals surface area contributed by atoms with E-state index in [0.717, 1.165) is 32.0 Å². The second-order valence-corrected chi connectivity index (χ2v) is 5.11. The van der Waals surface area contributed by atoms with E-state index in [1.165, 1.54) is 16.8 Å². The molecule has 0 fully saturated rings. The Labute approximate surface area is 126 Å². The maximum atomic E-state index is 5.46. The van der Waals surface area contributed by atoms with Crippen LogP contribution in [0.15, 0.2) is 36.5 Å². The van der Waals surface area contributed by atoms with Gasteiger partial charge in [0.05, 0.1) is 20.3 Å². The summed E-state index contributed by atoms with van der Waals surface area (Å²) in [5.41, 5.74) is 3.71. The molecule has 1 aromatic carbocycles. The molecule has 0 bridgehead atoms. The lowest BCUT2D eigenvalue weighted by atomic mass is 10.1. The van der Waals surface area contributed by atoms with Gasteiger partial charge >= 0.3 is 0 Å². The second-order valence-electron chi connectivity index (χ2n) is 5.11. The van der Waals surface area contributed by atoms with Crippen LogP contribution >= 0.6 is 0 Å². The van der Waals surface area contributed by atoms with Gasteiger partial charge in [0.1, 0.15) is 5.75 Å². The lowest BCUT2D eigenvalue weighted by Crippen LogP contribution is -2.20. The predicted octanol–water partition coefficient (Wildman–Crippen LogP) is 2.59. The number of hydrogen-bond donors (Lipinski definition) is 1. The summed E-state index contributed by atoms with van der Waals surface area (Å²) in [4.78, 5) is 0. The van der Waals surface area contributed by atoms with Crippen molar-refractivity contribution in [3.63, 3.8) is 0 Å². The zero-order valence-electron chi connectivity index (χ0n) is 13.1. The van der Waals surface area contributed by atoms with Crippen molar-refractivity contribution >= 4 is 0 Å². The van der Waals surface area contributed by atoms with Crippen molar-refractivity contribution in [2.45, 2.75) is 20.0 Å². The third-order valence-corrected chi connectivity index (χ3v) is 3.49. The number of benzene rings is 1. The normalized spacial score (nSPS) is 10.8. The number of hydrogen-bond acceptors (Lipinski definition) is 3. The smallest absolute Gasteiger partial charge is 0.123 e. The van der Waals surface area contributed by atoms with Gasteiger partial charge in [0.25, 0.3) is 0 Å². The quantitative estimate of drug-likeness (QED) is 0.758. The Morgan fingerprint density at radius 2 is 2.05 bits per heavy atom. The minimum Gasteiger partial charge on any atom is -0.496 e. The molecule has 0 atom stereocenters. The Kier molecular flexibility index (Phi) is 5.84.